The number of carboxylic acid groups (broad SMARTS) is 1. The fraction of sp³-hybridized carbons (Fsp3) is 0.615. The minimum atomic E-state index is -0.822. The van der Waals surface area contributed by atoms with Gasteiger partial charge in [0.1, 0.15) is 0 Å². The lowest BCUT2D eigenvalue weighted by atomic mass is 9.97. The minimum Gasteiger partial charge on any atom is -0.481 e. The third-order valence-corrected chi connectivity index (χ3v) is 3.78. The third-order valence-electron chi connectivity index (χ3n) is 3.78. The third kappa shape index (κ3) is 2.47. The van der Waals surface area contributed by atoms with Crippen molar-refractivity contribution in [1.29, 1.82) is 0 Å². The van der Waals surface area contributed by atoms with E-state index >= 15 is 0 Å². The summed E-state index contributed by atoms with van der Waals surface area (Å²) in [5, 5.41) is 13.3. The van der Waals surface area contributed by atoms with Gasteiger partial charge < -0.3 is 10.0 Å². The maximum atomic E-state index is 12.5. The Labute approximate surface area is 112 Å². The molecule has 0 aromatic carbocycles. The Kier molecular flexibility index (Phi) is 3.59. The van der Waals surface area contributed by atoms with Crippen molar-refractivity contribution in [3.05, 3.63) is 17.0 Å². The predicted octanol–water partition coefficient (Wildman–Crippen LogP) is 0.974. The molecule has 0 radical (unpaired) electrons. The molecule has 0 spiro atoms. The number of aliphatic carboxylic acids is 1. The number of amides is 1. The van der Waals surface area contributed by atoms with Crippen LogP contribution in [0.5, 0.6) is 0 Å². The lowest BCUT2D eigenvalue weighted by Gasteiger charge is -2.30. The molecule has 1 amide bonds. The van der Waals surface area contributed by atoms with Crippen LogP contribution in [0.25, 0.3) is 0 Å². The van der Waals surface area contributed by atoms with Crippen LogP contribution in [0.1, 0.15) is 34.6 Å². The van der Waals surface area contributed by atoms with Crippen molar-refractivity contribution in [2.24, 2.45) is 13.0 Å². The van der Waals surface area contributed by atoms with Crippen LogP contribution in [0.15, 0.2) is 0 Å². The molecule has 19 heavy (non-hydrogen) atoms. The van der Waals surface area contributed by atoms with Crippen LogP contribution in [0.2, 0.25) is 0 Å². The van der Waals surface area contributed by atoms with Gasteiger partial charge >= 0.3 is 5.97 Å². The molecular weight excluding hydrogens is 246 g/mol. The smallest absolute Gasteiger partial charge is 0.308 e. The van der Waals surface area contributed by atoms with Crippen molar-refractivity contribution in [2.75, 3.05) is 13.1 Å². The fourth-order valence-corrected chi connectivity index (χ4v) is 2.60. The van der Waals surface area contributed by atoms with Crippen LogP contribution in [-0.4, -0.2) is 44.8 Å². The minimum absolute atomic E-state index is 0.103. The molecule has 1 aromatic rings. The molecule has 1 aliphatic heterocycles. The highest BCUT2D eigenvalue weighted by atomic mass is 16.4. The molecule has 1 saturated heterocycles. The summed E-state index contributed by atoms with van der Waals surface area (Å²) in [7, 11) is 1.80. The van der Waals surface area contributed by atoms with Gasteiger partial charge in [0, 0.05) is 25.8 Å². The van der Waals surface area contributed by atoms with E-state index in [1.807, 2.05) is 6.92 Å². The number of carboxylic acids is 1. The lowest BCUT2D eigenvalue weighted by Crippen LogP contribution is -2.42. The van der Waals surface area contributed by atoms with Gasteiger partial charge in [0.05, 0.1) is 17.2 Å². The molecule has 6 nitrogen and oxygen atoms in total. The van der Waals surface area contributed by atoms with E-state index in [2.05, 4.69) is 5.10 Å². The Morgan fingerprint density at radius 3 is 2.58 bits per heavy atom. The molecule has 1 unspecified atom stereocenters. The van der Waals surface area contributed by atoms with E-state index in [1.54, 1.807) is 23.6 Å². The topological polar surface area (TPSA) is 75.4 Å². The summed E-state index contributed by atoms with van der Waals surface area (Å²) in [4.78, 5) is 25.2. The van der Waals surface area contributed by atoms with Crippen LogP contribution >= 0.6 is 0 Å². The molecule has 1 aliphatic rings. The highest BCUT2D eigenvalue weighted by Gasteiger charge is 2.30. The zero-order valence-corrected chi connectivity index (χ0v) is 11.5. The molecule has 1 fully saturated rings. The van der Waals surface area contributed by atoms with Gasteiger partial charge in [-0.25, -0.2) is 0 Å². The second-order valence-electron chi connectivity index (χ2n) is 5.10. The molecule has 2 heterocycles. The molecule has 1 N–H and O–H groups in total. The number of piperidine rings is 1. The predicted molar refractivity (Wildman–Crippen MR) is 68.9 cm³/mol. The first-order valence-electron chi connectivity index (χ1n) is 6.44. The molecular formula is C13H19N3O3. The number of hydrogen-bond acceptors (Lipinski definition) is 3. The van der Waals surface area contributed by atoms with E-state index in [-0.39, 0.29) is 5.91 Å². The maximum absolute atomic E-state index is 12.5. The molecule has 2 rings (SSSR count). The van der Waals surface area contributed by atoms with Crippen LogP contribution in [0.4, 0.5) is 0 Å². The highest BCUT2D eigenvalue weighted by molar-refractivity contribution is 5.96. The summed E-state index contributed by atoms with van der Waals surface area (Å²) in [6.45, 7) is 4.57. The summed E-state index contributed by atoms with van der Waals surface area (Å²) in [5.74, 6) is -1.37. The normalized spacial score (nSPS) is 19.5. The summed E-state index contributed by atoms with van der Waals surface area (Å²) >= 11 is 0. The lowest BCUT2D eigenvalue weighted by molar-refractivity contribution is -0.143. The summed E-state index contributed by atoms with van der Waals surface area (Å²) in [5.41, 5.74) is 2.12. The summed E-state index contributed by atoms with van der Waals surface area (Å²) in [6.07, 6.45) is 1.38. The summed E-state index contributed by atoms with van der Waals surface area (Å²) in [6, 6.07) is 0. The first-order valence-corrected chi connectivity index (χ1v) is 6.44. The molecule has 0 bridgehead atoms. The van der Waals surface area contributed by atoms with Gasteiger partial charge in [-0.1, -0.05) is 0 Å². The van der Waals surface area contributed by atoms with Gasteiger partial charge in [-0.05, 0) is 26.7 Å². The highest BCUT2D eigenvalue weighted by Crippen LogP contribution is 2.21. The largest absolute Gasteiger partial charge is 0.481 e. The first kappa shape index (κ1) is 13.6. The molecule has 0 aliphatic carbocycles. The van der Waals surface area contributed by atoms with Gasteiger partial charge in [0.2, 0.25) is 0 Å². The zero-order chi connectivity index (χ0) is 14.2. The molecule has 6 heteroatoms. The van der Waals surface area contributed by atoms with Crippen molar-refractivity contribution >= 4 is 11.9 Å². The molecule has 0 saturated carbocycles. The summed E-state index contributed by atoms with van der Waals surface area (Å²) < 4.78 is 1.68. The van der Waals surface area contributed by atoms with Crippen molar-refractivity contribution in [1.82, 2.24) is 14.7 Å². The van der Waals surface area contributed by atoms with E-state index in [9.17, 15) is 9.59 Å². The number of nitrogens with zero attached hydrogens (tertiary/aromatic N) is 3. The Bertz CT molecular complexity index is 521. The van der Waals surface area contributed by atoms with Gasteiger partial charge in [-0.3, -0.25) is 14.3 Å². The Morgan fingerprint density at radius 1 is 1.37 bits per heavy atom. The average Bonchev–Trinajstić information content (AvgIpc) is 2.62. The second kappa shape index (κ2) is 5.03. The van der Waals surface area contributed by atoms with Crippen molar-refractivity contribution in [3.63, 3.8) is 0 Å². The standard InChI is InChI=1S/C13H19N3O3/c1-8-11(9(2)15(3)14-8)12(17)16-6-4-5-10(7-16)13(18)19/h10H,4-7H2,1-3H3,(H,18,19). The van der Waals surface area contributed by atoms with E-state index in [0.717, 1.165) is 12.1 Å². The number of rotatable bonds is 2. The number of likely N-dealkylation sites (tertiary alicyclic amines) is 1. The van der Waals surface area contributed by atoms with Gasteiger partial charge in [-0.2, -0.15) is 5.10 Å². The van der Waals surface area contributed by atoms with Crippen molar-refractivity contribution in [3.8, 4) is 0 Å². The van der Waals surface area contributed by atoms with E-state index in [1.165, 1.54) is 0 Å². The van der Waals surface area contributed by atoms with E-state index in [0.29, 0.717) is 30.8 Å². The van der Waals surface area contributed by atoms with Crippen LogP contribution in [-0.2, 0) is 11.8 Å². The quantitative estimate of drug-likeness (QED) is 0.864. The van der Waals surface area contributed by atoms with Gasteiger partial charge in [0.15, 0.2) is 0 Å². The number of aryl methyl sites for hydroxylation is 2. The maximum Gasteiger partial charge on any atom is 0.308 e. The number of carbonyl (C=O) groups is 2. The first-order chi connectivity index (χ1) is 8.91. The van der Waals surface area contributed by atoms with Gasteiger partial charge in [-0.15, -0.1) is 0 Å². The Morgan fingerprint density at radius 2 is 2.05 bits per heavy atom. The van der Waals surface area contributed by atoms with Crippen LogP contribution in [0, 0.1) is 19.8 Å². The van der Waals surface area contributed by atoms with Crippen LogP contribution < -0.4 is 0 Å². The molecule has 1 atom stereocenters. The van der Waals surface area contributed by atoms with Crippen molar-refractivity contribution < 1.29 is 14.7 Å². The molecule has 1 aromatic heterocycles. The number of carbonyl (C=O) groups excluding carboxylic acids is 1. The number of aromatic nitrogens is 2. The van der Waals surface area contributed by atoms with E-state index < -0.39 is 11.9 Å². The fourth-order valence-electron chi connectivity index (χ4n) is 2.60. The number of hydrogen-bond donors (Lipinski definition) is 1. The SMILES string of the molecule is Cc1nn(C)c(C)c1C(=O)N1CCCC(C(=O)O)C1. The molecule has 104 valence electrons. The van der Waals surface area contributed by atoms with Crippen molar-refractivity contribution in [2.45, 2.75) is 26.7 Å². The Balaban J connectivity index is 2.22. The second-order valence-corrected chi connectivity index (χ2v) is 5.10. The monoisotopic (exact) mass is 265 g/mol. The van der Waals surface area contributed by atoms with Crippen LogP contribution in [0.3, 0.4) is 0 Å². The van der Waals surface area contributed by atoms with Gasteiger partial charge in [0.25, 0.3) is 5.91 Å². The Hall–Kier alpha value is -1.85. The average molecular weight is 265 g/mol. The zero-order valence-electron chi connectivity index (χ0n) is 11.5. The van der Waals surface area contributed by atoms with E-state index in [4.69, 9.17) is 5.11 Å².